The van der Waals surface area contributed by atoms with Crippen molar-refractivity contribution in [2.75, 3.05) is 5.32 Å². The quantitative estimate of drug-likeness (QED) is 0.765. The zero-order valence-electron chi connectivity index (χ0n) is 13.4. The zero-order valence-corrected chi connectivity index (χ0v) is 14.2. The van der Waals surface area contributed by atoms with Crippen LogP contribution in [0.2, 0.25) is 5.02 Å². The predicted molar refractivity (Wildman–Crippen MR) is 91.5 cm³/mol. The van der Waals surface area contributed by atoms with Crippen molar-refractivity contribution in [1.29, 1.82) is 0 Å². The van der Waals surface area contributed by atoms with Gasteiger partial charge in [-0.05, 0) is 32.4 Å². The van der Waals surface area contributed by atoms with Crippen molar-refractivity contribution in [3.8, 4) is 5.69 Å². The van der Waals surface area contributed by atoms with Crippen LogP contribution in [0, 0.1) is 13.8 Å². The van der Waals surface area contributed by atoms with Crippen LogP contribution in [0.5, 0.6) is 0 Å². The molecule has 1 N–H and O–H groups in total. The Balaban J connectivity index is 1.63. The maximum atomic E-state index is 12.1. The van der Waals surface area contributed by atoms with Gasteiger partial charge in [0.15, 0.2) is 0 Å². The molecule has 0 saturated carbocycles. The molecule has 7 heteroatoms. The van der Waals surface area contributed by atoms with Crippen LogP contribution in [0.3, 0.4) is 0 Å². The van der Waals surface area contributed by atoms with E-state index in [0.717, 1.165) is 22.7 Å². The SMILES string of the molecule is Cc1noc(C)c1CCC(=O)Nc1cnn(-c2ccccc2Cl)c1. The lowest BCUT2D eigenvalue weighted by Crippen LogP contribution is -2.12. The fraction of sp³-hybridized carbons (Fsp3) is 0.235. The number of anilines is 1. The summed E-state index contributed by atoms with van der Waals surface area (Å²) in [4.78, 5) is 12.1. The lowest BCUT2D eigenvalue weighted by atomic mass is 10.1. The second-order valence-electron chi connectivity index (χ2n) is 5.48. The van der Waals surface area contributed by atoms with E-state index in [9.17, 15) is 4.79 Å². The molecule has 24 heavy (non-hydrogen) atoms. The fourth-order valence-corrected chi connectivity index (χ4v) is 2.70. The monoisotopic (exact) mass is 344 g/mol. The van der Waals surface area contributed by atoms with Gasteiger partial charge in [-0.15, -0.1) is 0 Å². The molecule has 3 rings (SSSR count). The number of nitrogens with one attached hydrogen (secondary N) is 1. The largest absolute Gasteiger partial charge is 0.361 e. The molecule has 0 aliphatic rings. The summed E-state index contributed by atoms with van der Waals surface area (Å²) in [7, 11) is 0. The summed E-state index contributed by atoms with van der Waals surface area (Å²) in [6, 6.07) is 7.39. The molecule has 0 aliphatic carbocycles. The number of nitrogens with zero attached hydrogens (tertiary/aromatic N) is 3. The molecule has 0 unspecified atom stereocenters. The number of aryl methyl sites for hydroxylation is 2. The van der Waals surface area contributed by atoms with Crippen LogP contribution in [0.4, 0.5) is 5.69 Å². The topological polar surface area (TPSA) is 73.0 Å². The number of aromatic nitrogens is 3. The summed E-state index contributed by atoms with van der Waals surface area (Å²) in [6.45, 7) is 3.72. The third-order valence-corrected chi connectivity index (χ3v) is 4.07. The number of amides is 1. The summed E-state index contributed by atoms with van der Waals surface area (Å²) < 4.78 is 6.73. The van der Waals surface area contributed by atoms with E-state index in [0.29, 0.717) is 23.6 Å². The van der Waals surface area contributed by atoms with E-state index in [1.807, 2.05) is 32.0 Å². The van der Waals surface area contributed by atoms with Crippen molar-refractivity contribution in [2.45, 2.75) is 26.7 Å². The number of carbonyl (C=O) groups excluding carboxylic acids is 1. The first-order valence-electron chi connectivity index (χ1n) is 7.56. The molecule has 2 aromatic heterocycles. The Morgan fingerprint density at radius 1 is 1.33 bits per heavy atom. The fourth-order valence-electron chi connectivity index (χ4n) is 2.48. The molecule has 1 aromatic carbocycles. The van der Waals surface area contributed by atoms with Gasteiger partial charge in [0.05, 0.1) is 34.5 Å². The molecule has 0 aliphatic heterocycles. The van der Waals surface area contributed by atoms with E-state index in [4.69, 9.17) is 16.1 Å². The standard InChI is InChI=1S/C17H17ClN4O2/c1-11-14(12(2)24-21-11)7-8-17(23)20-13-9-19-22(10-13)16-6-4-3-5-15(16)18/h3-6,9-10H,7-8H2,1-2H3,(H,20,23). The Kier molecular flexibility index (Phi) is 4.66. The smallest absolute Gasteiger partial charge is 0.224 e. The first-order valence-corrected chi connectivity index (χ1v) is 7.93. The van der Waals surface area contributed by atoms with Gasteiger partial charge in [0, 0.05) is 12.0 Å². The lowest BCUT2D eigenvalue weighted by molar-refractivity contribution is -0.116. The zero-order chi connectivity index (χ0) is 17.1. The maximum absolute atomic E-state index is 12.1. The molecule has 0 atom stereocenters. The number of halogens is 1. The van der Waals surface area contributed by atoms with Gasteiger partial charge >= 0.3 is 0 Å². The number of para-hydroxylation sites is 1. The first kappa shape index (κ1) is 16.3. The Labute approximate surface area is 144 Å². The molecule has 3 aromatic rings. The summed E-state index contributed by atoms with van der Waals surface area (Å²) in [5, 5.41) is 11.6. The van der Waals surface area contributed by atoms with E-state index >= 15 is 0 Å². The minimum atomic E-state index is -0.0892. The van der Waals surface area contributed by atoms with Crippen LogP contribution in [0.1, 0.15) is 23.4 Å². The average molecular weight is 345 g/mol. The highest BCUT2D eigenvalue weighted by Gasteiger charge is 2.12. The Morgan fingerprint density at radius 2 is 2.12 bits per heavy atom. The molecule has 0 bridgehead atoms. The highest BCUT2D eigenvalue weighted by Crippen LogP contribution is 2.20. The lowest BCUT2D eigenvalue weighted by Gasteiger charge is -2.04. The molecular weight excluding hydrogens is 328 g/mol. The number of hydrogen-bond acceptors (Lipinski definition) is 4. The van der Waals surface area contributed by atoms with E-state index in [1.165, 1.54) is 0 Å². The van der Waals surface area contributed by atoms with E-state index in [2.05, 4.69) is 15.6 Å². The van der Waals surface area contributed by atoms with Gasteiger partial charge < -0.3 is 9.84 Å². The predicted octanol–water partition coefficient (Wildman–Crippen LogP) is 3.70. The summed E-state index contributed by atoms with van der Waals surface area (Å²) in [5.41, 5.74) is 3.19. The number of benzene rings is 1. The van der Waals surface area contributed by atoms with Crippen LogP contribution in [-0.4, -0.2) is 20.8 Å². The van der Waals surface area contributed by atoms with Crippen molar-refractivity contribution in [3.05, 3.63) is 58.7 Å². The molecular formula is C17H17ClN4O2. The Hall–Kier alpha value is -2.60. The van der Waals surface area contributed by atoms with Crippen molar-refractivity contribution in [2.24, 2.45) is 0 Å². The maximum Gasteiger partial charge on any atom is 0.224 e. The summed E-state index contributed by atoms with van der Waals surface area (Å²) >= 11 is 6.15. The summed E-state index contributed by atoms with van der Waals surface area (Å²) in [5.74, 6) is 0.667. The third kappa shape index (κ3) is 3.49. The molecule has 0 spiro atoms. The molecule has 1 amide bonds. The van der Waals surface area contributed by atoms with E-state index in [1.54, 1.807) is 23.1 Å². The molecule has 0 radical (unpaired) electrons. The number of carbonyl (C=O) groups is 1. The van der Waals surface area contributed by atoms with Crippen LogP contribution < -0.4 is 5.32 Å². The van der Waals surface area contributed by atoms with E-state index < -0.39 is 0 Å². The van der Waals surface area contributed by atoms with Gasteiger partial charge in [0.1, 0.15) is 5.76 Å². The number of rotatable bonds is 5. The highest BCUT2D eigenvalue weighted by atomic mass is 35.5. The van der Waals surface area contributed by atoms with Crippen molar-refractivity contribution < 1.29 is 9.32 Å². The third-order valence-electron chi connectivity index (χ3n) is 3.75. The van der Waals surface area contributed by atoms with Gasteiger partial charge in [-0.1, -0.05) is 28.9 Å². The summed E-state index contributed by atoms with van der Waals surface area (Å²) in [6.07, 6.45) is 4.26. The van der Waals surface area contributed by atoms with Crippen LogP contribution in [0.15, 0.2) is 41.2 Å². The second-order valence-corrected chi connectivity index (χ2v) is 5.88. The molecule has 124 valence electrons. The van der Waals surface area contributed by atoms with Gasteiger partial charge in [-0.3, -0.25) is 4.79 Å². The molecule has 6 nitrogen and oxygen atoms in total. The van der Waals surface area contributed by atoms with Crippen molar-refractivity contribution >= 4 is 23.2 Å². The van der Waals surface area contributed by atoms with E-state index in [-0.39, 0.29) is 5.91 Å². The van der Waals surface area contributed by atoms with Crippen LogP contribution in [0.25, 0.3) is 5.69 Å². The van der Waals surface area contributed by atoms with Crippen LogP contribution >= 0.6 is 11.6 Å². The van der Waals surface area contributed by atoms with Gasteiger partial charge in [0.2, 0.25) is 5.91 Å². The molecule has 2 heterocycles. The van der Waals surface area contributed by atoms with Gasteiger partial charge in [0.25, 0.3) is 0 Å². The Bertz CT molecular complexity index is 850. The molecule has 0 fully saturated rings. The van der Waals surface area contributed by atoms with Crippen molar-refractivity contribution in [3.63, 3.8) is 0 Å². The normalized spacial score (nSPS) is 10.8. The van der Waals surface area contributed by atoms with Crippen molar-refractivity contribution in [1.82, 2.24) is 14.9 Å². The van der Waals surface area contributed by atoms with Gasteiger partial charge in [-0.2, -0.15) is 5.10 Å². The van der Waals surface area contributed by atoms with Crippen LogP contribution in [-0.2, 0) is 11.2 Å². The number of hydrogen-bond donors (Lipinski definition) is 1. The first-order chi connectivity index (χ1) is 11.5. The second kappa shape index (κ2) is 6.88. The minimum Gasteiger partial charge on any atom is -0.361 e. The van der Waals surface area contributed by atoms with Gasteiger partial charge in [-0.25, -0.2) is 4.68 Å². The molecule has 0 saturated heterocycles. The highest BCUT2D eigenvalue weighted by molar-refractivity contribution is 6.32. The average Bonchev–Trinajstić information content (AvgIpc) is 3.13. The Morgan fingerprint density at radius 3 is 2.83 bits per heavy atom. The minimum absolute atomic E-state index is 0.0892.